The second kappa shape index (κ2) is 10.1. The summed E-state index contributed by atoms with van der Waals surface area (Å²) in [7, 11) is 3.69. The summed E-state index contributed by atoms with van der Waals surface area (Å²) >= 11 is 0. The van der Waals surface area contributed by atoms with Gasteiger partial charge in [-0.15, -0.1) is 0 Å². The predicted molar refractivity (Wildman–Crippen MR) is 117 cm³/mol. The molecule has 0 saturated carbocycles. The van der Waals surface area contributed by atoms with E-state index in [1.54, 1.807) is 11.1 Å². The van der Waals surface area contributed by atoms with E-state index >= 15 is 0 Å². The molecule has 0 aliphatic carbocycles. The van der Waals surface area contributed by atoms with Gasteiger partial charge in [0.2, 0.25) is 11.9 Å². The third-order valence-electron chi connectivity index (χ3n) is 4.55. The molecule has 3 aromatic heterocycles. The molecule has 1 atom stereocenters. The first kappa shape index (κ1) is 22.4. The van der Waals surface area contributed by atoms with E-state index in [2.05, 4.69) is 35.8 Å². The van der Waals surface area contributed by atoms with Crippen LogP contribution >= 0.6 is 0 Å². The number of pyridine rings is 1. The minimum absolute atomic E-state index is 0.422. The largest absolute Gasteiger partial charge is 0.387 e. The van der Waals surface area contributed by atoms with Gasteiger partial charge in [-0.05, 0) is 38.0 Å². The number of aryl methyl sites for hydroxylation is 1. The summed E-state index contributed by atoms with van der Waals surface area (Å²) in [6.45, 7) is 4.25. The molecular weight excluding hydrogens is 400 g/mol. The number of rotatable bonds is 10. The number of carbonyl (C=O) groups is 1. The van der Waals surface area contributed by atoms with E-state index in [1.165, 1.54) is 0 Å². The Morgan fingerprint density at radius 3 is 2.84 bits per heavy atom. The number of nitrogens with zero attached hydrogens (tertiary/aromatic N) is 5. The van der Waals surface area contributed by atoms with Gasteiger partial charge < -0.3 is 25.4 Å². The molecule has 0 bridgehead atoms. The van der Waals surface area contributed by atoms with Crippen LogP contribution in [0.1, 0.15) is 30.6 Å². The fourth-order valence-corrected chi connectivity index (χ4v) is 3.03. The summed E-state index contributed by atoms with van der Waals surface area (Å²) in [5.74, 6) is 1.13. The molecule has 3 rings (SSSR count). The van der Waals surface area contributed by atoms with Gasteiger partial charge in [0.25, 0.3) is 0 Å². The SMILES string of the molecule is CCOCCC(NC(=O)CO)c1n[nH]c2c(Nc3cc(C)ccn3)nc(N(C)C)nc12. The number of anilines is 3. The Kier molecular flexibility index (Phi) is 7.32. The standard InChI is InChI=1S/C20H28N8O3/c1-5-31-9-7-13(22-15(30)11-29)16-17-18(27-26-16)19(25-20(24-17)28(3)4)23-14-10-12(2)6-8-21-14/h6,8,10,13,29H,5,7,9,11H2,1-4H3,(H,22,30)(H,26,27)(H,21,23,24,25). The van der Waals surface area contributed by atoms with Crippen LogP contribution in [0.5, 0.6) is 0 Å². The summed E-state index contributed by atoms with van der Waals surface area (Å²) in [4.78, 5) is 27.3. The molecule has 0 radical (unpaired) electrons. The smallest absolute Gasteiger partial charge is 0.246 e. The molecule has 0 aliphatic rings. The Morgan fingerprint density at radius 2 is 2.16 bits per heavy atom. The highest BCUT2D eigenvalue weighted by Crippen LogP contribution is 2.29. The number of carbonyl (C=O) groups excluding carboxylic acids is 1. The number of aromatic amines is 1. The lowest BCUT2D eigenvalue weighted by molar-refractivity contribution is -0.124. The van der Waals surface area contributed by atoms with E-state index in [4.69, 9.17) is 4.74 Å². The quantitative estimate of drug-likeness (QED) is 0.353. The van der Waals surface area contributed by atoms with Crippen molar-refractivity contribution >= 4 is 34.5 Å². The van der Waals surface area contributed by atoms with Gasteiger partial charge in [-0.3, -0.25) is 9.89 Å². The van der Waals surface area contributed by atoms with Crippen molar-refractivity contribution < 1.29 is 14.6 Å². The van der Waals surface area contributed by atoms with Crippen molar-refractivity contribution in [2.45, 2.75) is 26.3 Å². The number of ether oxygens (including phenoxy) is 1. The summed E-state index contributed by atoms with van der Waals surface area (Å²) in [5, 5.41) is 22.6. The molecule has 1 amide bonds. The fourth-order valence-electron chi connectivity index (χ4n) is 3.03. The van der Waals surface area contributed by atoms with E-state index in [-0.39, 0.29) is 0 Å². The molecule has 3 heterocycles. The maximum absolute atomic E-state index is 11.9. The van der Waals surface area contributed by atoms with Gasteiger partial charge in [-0.25, -0.2) is 9.97 Å². The highest BCUT2D eigenvalue weighted by Gasteiger charge is 2.24. The van der Waals surface area contributed by atoms with Crippen LogP contribution in [0.25, 0.3) is 11.0 Å². The number of fused-ring (bicyclic) bond motifs is 1. The second-order valence-corrected chi connectivity index (χ2v) is 7.21. The van der Waals surface area contributed by atoms with Crippen molar-refractivity contribution in [2.24, 2.45) is 0 Å². The molecule has 0 aliphatic heterocycles. The predicted octanol–water partition coefficient (Wildman–Crippen LogP) is 1.44. The molecule has 3 aromatic rings. The van der Waals surface area contributed by atoms with Crippen molar-refractivity contribution in [1.82, 2.24) is 30.5 Å². The lowest BCUT2D eigenvalue weighted by atomic mass is 10.1. The van der Waals surface area contributed by atoms with Gasteiger partial charge in [0, 0.05) is 33.5 Å². The average molecular weight is 428 g/mol. The Bertz CT molecular complexity index is 1040. The van der Waals surface area contributed by atoms with Crippen molar-refractivity contribution in [3.63, 3.8) is 0 Å². The van der Waals surface area contributed by atoms with Crippen LogP contribution in [0.3, 0.4) is 0 Å². The van der Waals surface area contributed by atoms with Crippen LogP contribution in [-0.4, -0.2) is 70.1 Å². The molecule has 11 nitrogen and oxygen atoms in total. The molecule has 0 aromatic carbocycles. The fraction of sp³-hybridized carbons (Fsp3) is 0.450. The van der Waals surface area contributed by atoms with E-state index in [9.17, 15) is 9.90 Å². The lowest BCUT2D eigenvalue weighted by Gasteiger charge is -2.17. The summed E-state index contributed by atoms with van der Waals surface area (Å²) in [6.07, 6.45) is 2.19. The molecule has 11 heteroatoms. The number of hydrogen-bond donors (Lipinski definition) is 4. The zero-order valence-electron chi connectivity index (χ0n) is 18.1. The first-order valence-corrected chi connectivity index (χ1v) is 10.0. The van der Waals surface area contributed by atoms with E-state index in [0.29, 0.717) is 53.9 Å². The summed E-state index contributed by atoms with van der Waals surface area (Å²) in [5.41, 5.74) is 2.75. The number of hydrogen-bond acceptors (Lipinski definition) is 9. The van der Waals surface area contributed by atoms with Crippen molar-refractivity contribution in [1.29, 1.82) is 0 Å². The van der Waals surface area contributed by atoms with Crippen molar-refractivity contribution in [3.05, 3.63) is 29.6 Å². The van der Waals surface area contributed by atoms with Gasteiger partial charge >= 0.3 is 0 Å². The molecule has 1 unspecified atom stereocenters. The normalized spacial score (nSPS) is 12.0. The number of H-pyrrole nitrogens is 1. The molecule has 0 fully saturated rings. The highest BCUT2D eigenvalue weighted by molar-refractivity contribution is 5.90. The molecule has 31 heavy (non-hydrogen) atoms. The van der Waals surface area contributed by atoms with E-state index < -0.39 is 18.6 Å². The molecular formula is C20H28N8O3. The van der Waals surface area contributed by atoms with E-state index in [0.717, 1.165) is 5.56 Å². The Labute approximate surface area is 180 Å². The molecule has 4 N–H and O–H groups in total. The van der Waals surface area contributed by atoms with Crippen LogP contribution in [0.15, 0.2) is 18.3 Å². The zero-order valence-corrected chi connectivity index (χ0v) is 18.1. The van der Waals surface area contributed by atoms with Gasteiger partial charge in [0.15, 0.2) is 5.82 Å². The summed E-state index contributed by atoms with van der Waals surface area (Å²) in [6, 6.07) is 3.33. The Hall–Kier alpha value is -3.31. The van der Waals surface area contributed by atoms with Crippen LogP contribution in [-0.2, 0) is 9.53 Å². The monoisotopic (exact) mass is 428 g/mol. The Morgan fingerprint density at radius 1 is 1.35 bits per heavy atom. The molecule has 0 saturated heterocycles. The van der Waals surface area contributed by atoms with Crippen LogP contribution < -0.4 is 15.5 Å². The number of aliphatic hydroxyl groups excluding tert-OH is 1. The Balaban J connectivity index is 2.05. The third-order valence-corrected chi connectivity index (χ3v) is 4.55. The van der Waals surface area contributed by atoms with Gasteiger partial charge in [-0.2, -0.15) is 10.1 Å². The van der Waals surface area contributed by atoms with Crippen molar-refractivity contribution in [3.8, 4) is 0 Å². The zero-order chi connectivity index (χ0) is 22.4. The number of nitrogens with one attached hydrogen (secondary N) is 3. The number of aliphatic hydroxyl groups is 1. The first-order valence-electron chi connectivity index (χ1n) is 10.0. The first-order chi connectivity index (χ1) is 14.9. The van der Waals surface area contributed by atoms with Crippen LogP contribution in [0.4, 0.5) is 17.6 Å². The van der Waals surface area contributed by atoms with Crippen molar-refractivity contribution in [2.75, 3.05) is 44.1 Å². The lowest BCUT2D eigenvalue weighted by Crippen LogP contribution is -2.32. The maximum atomic E-state index is 11.9. The van der Waals surface area contributed by atoms with E-state index in [1.807, 2.05) is 40.1 Å². The van der Waals surface area contributed by atoms with Gasteiger partial charge in [0.1, 0.15) is 29.2 Å². The maximum Gasteiger partial charge on any atom is 0.246 e. The molecule has 0 spiro atoms. The topological polar surface area (TPSA) is 141 Å². The number of aromatic nitrogens is 5. The average Bonchev–Trinajstić information content (AvgIpc) is 3.17. The number of amides is 1. The van der Waals surface area contributed by atoms with Crippen LogP contribution in [0, 0.1) is 6.92 Å². The second-order valence-electron chi connectivity index (χ2n) is 7.21. The third kappa shape index (κ3) is 5.44. The summed E-state index contributed by atoms with van der Waals surface area (Å²) < 4.78 is 5.45. The molecule has 166 valence electrons. The minimum atomic E-state index is -0.614. The highest BCUT2D eigenvalue weighted by atomic mass is 16.5. The van der Waals surface area contributed by atoms with Crippen LogP contribution in [0.2, 0.25) is 0 Å². The minimum Gasteiger partial charge on any atom is -0.387 e. The van der Waals surface area contributed by atoms with Gasteiger partial charge in [0.05, 0.1) is 6.04 Å². The van der Waals surface area contributed by atoms with Gasteiger partial charge in [-0.1, -0.05) is 0 Å².